The second kappa shape index (κ2) is 3.89. The Morgan fingerprint density at radius 1 is 1.14 bits per heavy atom. The Kier molecular flexibility index (Phi) is 3.37. The topological polar surface area (TPSA) is 3.24 Å². The lowest BCUT2D eigenvalue weighted by Crippen LogP contribution is -2.42. The summed E-state index contributed by atoms with van der Waals surface area (Å²) in [7, 11) is 0. The van der Waals surface area contributed by atoms with Gasteiger partial charge >= 0.3 is 6.18 Å². The van der Waals surface area contributed by atoms with Gasteiger partial charge in [0, 0.05) is 6.54 Å². The highest BCUT2D eigenvalue weighted by molar-refractivity contribution is 5.85. The van der Waals surface area contributed by atoms with Crippen molar-refractivity contribution in [2.75, 3.05) is 19.6 Å². The van der Waals surface area contributed by atoms with Gasteiger partial charge in [0.15, 0.2) is 0 Å². The molecule has 2 rings (SSSR count). The van der Waals surface area contributed by atoms with Gasteiger partial charge in [-0.25, -0.2) is 0 Å². The summed E-state index contributed by atoms with van der Waals surface area (Å²) in [6.07, 6.45) is 0.341. The van der Waals surface area contributed by atoms with E-state index in [-0.39, 0.29) is 12.4 Å². The average Bonchev–Trinajstić information content (AvgIpc) is 2.65. The number of alkyl halides is 3. The van der Waals surface area contributed by atoms with E-state index in [0.29, 0.717) is 18.5 Å². The summed E-state index contributed by atoms with van der Waals surface area (Å²) in [6.45, 7) is 0.586. The Morgan fingerprint density at radius 2 is 1.79 bits per heavy atom. The first-order valence-electron chi connectivity index (χ1n) is 4.78. The SMILES string of the molecule is Cl.FC(F)(F)CN1CCCC2(CC2)C1. The van der Waals surface area contributed by atoms with Crippen LogP contribution in [0.25, 0.3) is 0 Å². The van der Waals surface area contributed by atoms with Crippen molar-refractivity contribution in [1.82, 2.24) is 4.90 Å². The van der Waals surface area contributed by atoms with E-state index >= 15 is 0 Å². The van der Waals surface area contributed by atoms with E-state index in [0.717, 1.165) is 25.7 Å². The van der Waals surface area contributed by atoms with Gasteiger partial charge in [0.25, 0.3) is 0 Å². The van der Waals surface area contributed by atoms with Gasteiger partial charge in [-0.1, -0.05) is 0 Å². The van der Waals surface area contributed by atoms with Crippen LogP contribution in [0.2, 0.25) is 0 Å². The first kappa shape index (κ1) is 12.1. The minimum atomic E-state index is -4.02. The maximum Gasteiger partial charge on any atom is 0.401 e. The van der Waals surface area contributed by atoms with Crippen LogP contribution in [-0.4, -0.2) is 30.7 Å². The number of rotatable bonds is 1. The van der Waals surface area contributed by atoms with Crippen LogP contribution < -0.4 is 0 Å². The molecular weight excluding hydrogens is 215 g/mol. The zero-order valence-corrected chi connectivity index (χ0v) is 8.76. The Balaban J connectivity index is 0.000000980. The zero-order valence-electron chi connectivity index (χ0n) is 7.94. The Morgan fingerprint density at radius 3 is 2.29 bits per heavy atom. The maximum absolute atomic E-state index is 12.1. The van der Waals surface area contributed by atoms with Crippen molar-refractivity contribution in [1.29, 1.82) is 0 Å². The summed E-state index contributed by atoms with van der Waals surface area (Å²) < 4.78 is 36.2. The van der Waals surface area contributed by atoms with E-state index in [2.05, 4.69) is 0 Å². The van der Waals surface area contributed by atoms with E-state index in [1.807, 2.05) is 0 Å². The molecule has 0 aromatic carbocycles. The highest BCUT2D eigenvalue weighted by Gasteiger charge is 2.46. The summed E-state index contributed by atoms with van der Waals surface area (Å²) >= 11 is 0. The van der Waals surface area contributed by atoms with Crippen LogP contribution in [0, 0.1) is 5.41 Å². The van der Waals surface area contributed by atoms with Crippen molar-refractivity contribution >= 4 is 12.4 Å². The number of hydrogen-bond acceptors (Lipinski definition) is 1. The summed E-state index contributed by atoms with van der Waals surface area (Å²) in [5.41, 5.74) is 0.295. The molecule has 1 heterocycles. The number of halogens is 4. The van der Waals surface area contributed by atoms with Crippen LogP contribution in [0.15, 0.2) is 0 Å². The molecule has 1 saturated heterocycles. The smallest absolute Gasteiger partial charge is 0.294 e. The monoisotopic (exact) mass is 229 g/mol. The van der Waals surface area contributed by atoms with Crippen molar-refractivity contribution in [2.24, 2.45) is 5.41 Å². The van der Waals surface area contributed by atoms with Crippen LogP contribution in [-0.2, 0) is 0 Å². The second-order valence-corrected chi connectivity index (χ2v) is 4.43. The molecule has 1 saturated carbocycles. The molecule has 14 heavy (non-hydrogen) atoms. The molecule has 0 bridgehead atoms. The van der Waals surface area contributed by atoms with Gasteiger partial charge in [0.1, 0.15) is 0 Å². The highest BCUT2D eigenvalue weighted by Crippen LogP contribution is 2.52. The molecule has 1 aliphatic heterocycles. The van der Waals surface area contributed by atoms with Gasteiger partial charge in [0.2, 0.25) is 0 Å². The number of likely N-dealkylation sites (tertiary alicyclic amines) is 1. The molecule has 0 radical (unpaired) electrons. The summed E-state index contributed by atoms with van der Waals surface area (Å²) in [4.78, 5) is 1.57. The average molecular weight is 230 g/mol. The minimum absolute atomic E-state index is 0. The Bertz CT molecular complexity index is 199. The quantitative estimate of drug-likeness (QED) is 0.668. The van der Waals surface area contributed by atoms with Crippen molar-refractivity contribution in [3.05, 3.63) is 0 Å². The molecular formula is C9H15ClF3N. The van der Waals surface area contributed by atoms with Crippen LogP contribution in [0.1, 0.15) is 25.7 Å². The third kappa shape index (κ3) is 3.02. The van der Waals surface area contributed by atoms with Crippen LogP contribution in [0.5, 0.6) is 0 Å². The van der Waals surface area contributed by atoms with E-state index < -0.39 is 12.7 Å². The van der Waals surface area contributed by atoms with Crippen molar-refractivity contribution < 1.29 is 13.2 Å². The van der Waals surface area contributed by atoms with E-state index in [4.69, 9.17) is 0 Å². The largest absolute Gasteiger partial charge is 0.401 e. The fourth-order valence-corrected chi connectivity index (χ4v) is 2.28. The summed E-state index contributed by atoms with van der Waals surface area (Å²) in [5.74, 6) is 0. The summed E-state index contributed by atoms with van der Waals surface area (Å²) in [5, 5.41) is 0. The summed E-state index contributed by atoms with van der Waals surface area (Å²) in [6, 6.07) is 0. The first-order chi connectivity index (χ1) is 5.99. The van der Waals surface area contributed by atoms with Gasteiger partial charge in [0.05, 0.1) is 6.54 Å². The van der Waals surface area contributed by atoms with Gasteiger partial charge in [-0.15, -0.1) is 12.4 Å². The van der Waals surface area contributed by atoms with Gasteiger partial charge in [-0.05, 0) is 37.6 Å². The lowest BCUT2D eigenvalue weighted by molar-refractivity contribution is -0.150. The molecule has 84 valence electrons. The van der Waals surface area contributed by atoms with Gasteiger partial charge in [-0.2, -0.15) is 13.2 Å². The molecule has 0 atom stereocenters. The van der Waals surface area contributed by atoms with Crippen LogP contribution >= 0.6 is 12.4 Å². The standard InChI is InChI=1S/C9H14F3N.ClH/c10-9(11,12)7-13-5-1-2-8(6-13)3-4-8;/h1-7H2;1H. The molecule has 0 aromatic rings. The molecule has 0 N–H and O–H groups in total. The first-order valence-corrected chi connectivity index (χ1v) is 4.78. The third-order valence-corrected chi connectivity index (χ3v) is 3.10. The fraction of sp³-hybridized carbons (Fsp3) is 1.00. The van der Waals surface area contributed by atoms with Crippen LogP contribution in [0.3, 0.4) is 0 Å². The molecule has 0 aromatic heterocycles. The maximum atomic E-state index is 12.1. The predicted molar refractivity (Wildman–Crippen MR) is 50.6 cm³/mol. The number of hydrogen-bond donors (Lipinski definition) is 0. The van der Waals surface area contributed by atoms with Gasteiger partial charge < -0.3 is 0 Å². The van der Waals surface area contributed by atoms with Crippen molar-refractivity contribution in [2.45, 2.75) is 31.9 Å². The lowest BCUT2D eigenvalue weighted by Gasteiger charge is -2.33. The minimum Gasteiger partial charge on any atom is -0.294 e. The molecule has 1 aliphatic carbocycles. The normalized spacial score (nSPS) is 25.9. The van der Waals surface area contributed by atoms with Crippen molar-refractivity contribution in [3.63, 3.8) is 0 Å². The molecule has 2 aliphatic rings. The molecule has 1 nitrogen and oxygen atoms in total. The fourth-order valence-electron chi connectivity index (χ4n) is 2.28. The lowest BCUT2D eigenvalue weighted by atomic mass is 9.95. The second-order valence-electron chi connectivity index (χ2n) is 4.43. The number of piperidine rings is 1. The third-order valence-electron chi connectivity index (χ3n) is 3.10. The molecule has 5 heteroatoms. The van der Waals surface area contributed by atoms with Gasteiger partial charge in [-0.3, -0.25) is 4.90 Å². The van der Waals surface area contributed by atoms with Crippen LogP contribution in [0.4, 0.5) is 13.2 Å². The number of nitrogens with zero attached hydrogens (tertiary/aromatic N) is 1. The van der Waals surface area contributed by atoms with E-state index in [1.54, 1.807) is 4.90 Å². The van der Waals surface area contributed by atoms with E-state index in [9.17, 15) is 13.2 Å². The Labute approximate surface area is 88.1 Å². The predicted octanol–water partition coefficient (Wildman–Crippen LogP) is 2.85. The highest BCUT2D eigenvalue weighted by atomic mass is 35.5. The molecule has 1 spiro atoms. The molecule has 2 fully saturated rings. The zero-order chi connectivity index (χ0) is 9.53. The molecule has 0 amide bonds. The Hall–Kier alpha value is 0.0400. The van der Waals surface area contributed by atoms with Crippen molar-refractivity contribution in [3.8, 4) is 0 Å². The molecule has 0 unspecified atom stereocenters. The van der Waals surface area contributed by atoms with E-state index in [1.165, 1.54) is 0 Å².